The topological polar surface area (TPSA) is 66.3 Å². The third-order valence-electron chi connectivity index (χ3n) is 4.09. The van der Waals surface area contributed by atoms with Crippen LogP contribution in [0.3, 0.4) is 0 Å². The van der Waals surface area contributed by atoms with Gasteiger partial charge in [-0.25, -0.2) is 9.67 Å². The minimum atomic E-state index is -0.264. The predicted octanol–water partition coefficient (Wildman–Crippen LogP) is -1.04. The fraction of sp³-hybridized carbons (Fsp3) is 0.750. The molecule has 19 heavy (non-hydrogen) atoms. The average Bonchev–Trinajstić information content (AvgIpc) is 2.90. The molecular weight excluding hydrogens is 244 g/mol. The van der Waals surface area contributed by atoms with Crippen molar-refractivity contribution >= 4 is 5.91 Å². The Hall–Kier alpha value is -1.47. The lowest BCUT2D eigenvalue weighted by atomic mass is 10.1. The first-order chi connectivity index (χ1) is 9.25. The Labute approximate surface area is 112 Å². The smallest absolute Gasteiger partial charge is 0.247 e. The molecule has 1 aromatic rings. The van der Waals surface area contributed by atoms with Crippen molar-refractivity contribution in [2.45, 2.75) is 19.0 Å². The second-order valence-electron chi connectivity index (χ2n) is 5.22. The number of amides is 1. The van der Waals surface area contributed by atoms with E-state index in [1.165, 1.54) is 6.33 Å². The summed E-state index contributed by atoms with van der Waals surface area (Å²) in [6.07, 6.45) is 3.06. The van der Waals surface area contributed by atoms with Crippen molar-refractivity contribution in [2.75, 3.05) is 39.3 Å². The standard InChI is InChI=1S/C12H20N6O/c1-10(18-9-14-8-15-18)12(19)17-4-2-16(3-5-17)11-6-13-7-11/h8-11,13H,2-7H2,1H3. The molecule has 0 saturated carbocycles. The Morgan fingerprint density at radius 3 is 2.58 bits per heavy atom. The van der Waals surface area contributed by atoms with Crippen LogP contribution < -0.4 is 5.32 Å². The maximum absolute atomic E-state index is 12.4. The van der Waals surface area contributed by atoms with Crippen molar-refractivity contribution in [1.82, 2.24) is 29.9 Å². The lowest BCUT2D eigenvalue weighted by Crippen LogP contribution is -2.62. The van der Waals surface area contributed by atoms with Crippen molar-refractivity contribution in [3.8, 4) is 0 Å². The Morgan fingerprint density at radius 2 is 2.05 bits per heavy atom. The highest BCUT2D eigenvalue weighted by Gasteiger charge is 2.30. The number of nitrogens with one attached hydrogen (secondary N) is 1. The van der Waals surface area contributed by atoms with Gasteiger partial charge in [0.2, 0.25) is 5.91 Å². The van der Waals surface area contributed by atoms with E-state index < -0.39 is 0 Å². The van der Waals surface area contributed by atoms with Gasteiger partial charge in [-0.15, -0.1) is 0 Å². The molecule has 0 radical (unpaired) electrons. The number of aromatic nitrogens is 3. The molecule has 1 unspecified atom stereocenters. The van der Waals surface area contributed by atoms with Gasteiger partial charge < -0.3 is 10.2 Å². The van der Waals surface area contributed by atoms with Crippen LogP contribution in [0.4, 0.5) is 0 Å². The molecule has 7 heteroatoms. The lowest BCUT2D eigenvalue weighted by molar-refractivity contribution is -0.136. The van der Waals surface area contributed by atoms with Crippen LogP contribution >= 0.6 is 0 Å². The van der Waals surface area contributed by atoms with Gasteiger partial charge in [0.1, 0.15) is 18.7 Å². The van der Waals surface area contributed by atoms with Crippen LogP contribution in [-0.4, -0.2) is 75.8 Å². The van der Waals surface area contributed by atoms with Crippen LogP contribution in [0.25, 0.3) is 0 Å². The van der Waals surface area contributed by atoms with Crippen LogP contribution in [0.15, 0.2) is 12.7 Å². The molecule has 2 aliphatic heterocycles. The van der Waals surface area contributed by atoms with Crippen molar-refractivity contribution in [3.63, 3.8) is 0 Å². The maximum atomic E-state index is 12.4. The summed E-state index contributed by atoms with van der Waals surface area (Å²) in [4.78, 5) is 20.7. The van der Waals surface area contributed by atoms with Crippen LogP contribution in [0, 0.1) is 0 Å². The lowest BCUT2D eigenvalue weighted by Gasteiger charge is -2.43. The zero-order chi connectivity index (χ0) is 13.2. The minimum Gasteiger partial charge on any atom is -0.338 e. The van der Waals surface area contributed by atoms with E-state index in [0.717, 1.165) is 39.3 Å². The monoisotopic (exact) mass is 264 g/mol. The molecule has 3 rings (SSSR count). The van der Waals surface area contributed by atoms with E-state index in [1.807, 2.05) is 11.8 Å². The normalized spacial score (nSPS) is 23.1. The molecule has 0 aromatic carbocycles. The third kappa shape index (κ3) is 2.48. The van der Waals surface area contributed by atoms with E-state index in [4.69, 9.17) is 0 Å². The molecule has 3 heterocycles. The van der Waals surface area contributed by atoms with Crippen molar-refractivity contribution in [2.24, 2.45) is 0 Å². The van der Waals surface area contributed by atoms with Gasteiger partial charge in [-0.1, -0.05) is 0 Å². The number of hydrogen-bond donors (Lipinski definition) is 1. The van der Waals surface area contributed by atoms with Crippen molar-refractivity contribution in [3.05, 3.63) is 12.7 Å². The largest absolute Gasteiger partial charge is 0.338 e. The summed E-state index contributed by atoms with van der Waals surface area (Å²) in [5.41, 5.74) is 0. The molecule has 2 saturated heterocycles. The fourth-order valence-corrected chi connectivity index (χ4v) is 2.63. The van der Waals surface area contributed by atoms with Crippen molar-refractivity contribution < 1.29 is 4.79 Å². The number of carbonyl (C=O) groups excluding carboxylic acids is 1. The summed E-state index contributed by atoms with van der Waals surface area (Å²) in [7, 11) is 0. The number of rotatable bonds is 3. The first-order valence-electron chi connectivity index (χ1n) is 6.83. The summed E-state index contributed by atoms with van der Waals surface area (Å²) in [6, 6.07) is 0.407. The van der Waals surface area contributed by atoms with E-state index in [-0.39, 0.29) is 11.9 Å². The Morgan fingerprint density at radius 1 is 1.32 bits per heavy atom. The van der Waals surface area contributed by atoms with Crippen LogP contribution in [0.2, 0.25) is 0 Å². The zero-order valence-electron chi connectivity index (χ0n) is 11.2. The van der Waals surface area contributed by atoms with Crippen LogP contribution in [0.1, 0.15) is 13.0 Å². The van der Waals surface area contributed by atoms with Crippen LogP contribution in [0.5, 0.6) is 0 Å². The van der Waals surface area contributed by atoms with E-state index in [1.54, 1.807) is 11.0 Å². The van der Waals surface area contributed by atoms with Gasteiger partial charge in [0.25, 0.3) is 0 Å². The fourth-order valence-electron chi connectivity index (χ4n) is 2.63. The number of hydrogen-bond acceptors (Lipinski definition) is 5. The summed E-state index contributed by atoms with van der Waals surface area (Å²) < 4.78 is 1.62. The molecule has 104 valence electrons. The van der Waals surface area contributed by atoms with E-state index in [0.29, 0.717) is 6.04 Å². The van der Waals surface area contributed by atoms with Gasteiger partial charge in [0.05, 0.1) is 0 Å². The molecule has 1 aromatic heterocycles. The van der Waals surface area contributed by atoms with E-state index >= 15 is 0 Å². The first-order valence-corrected chi connectivity index (χ1v) is 6.83. The Kier molecular flexibility index (Phi) is 3.48. The summed E-state index contributed by atoms with van der Waals surface area (Å²) in [5, 5.41) is 7.33. The molecule has 1 N–H and O–H groups in total. The van der Waals surface area contributed by atoms with E-state index in [9.17, 15) is 4.79 Å². The molecule has 0 bridgehead atoms. The highest BCUT2D eigenvalue weighted by molar-refractivity contribution is 5.80. The number of piperazine rings is 1. The van der Waals surface area contributed by atoms with Crippen LogP contribution in [-0.2, 0) is 4.79 Å². The maximum Gasteiger partial charge on any atom is 0.247 e. The molecule has 2 fully saturated rings. The predicted molar refractivity (Wildman–Crippen MR) is 69.5 cm³/mol. The van der Waals surface area contributed by atoms with Gasteiger partial charge in [-0.3, -0.25) is 9.69 Å². The molecular formula is C12H20N6O. The third-order valence-corrected chi connectivity index (χ3v) is 4.09. The van der Waals surface area contributed by atoms with Gasteiger partial charge >= 0.3 is 0 Å². The highest BCUT2D eigenvalue weighted by Crippen LogP contribution is 2.13. The molecule has 1 atom stereocenters. The average molecular weight is 264 g/mol. The van der Waals surface area contributed by atoms with Gasteiger partial charge in [-0.05, 0) is 6.92 Å². The SMILES string of the molecule is CC(C(=O)N1CCN(C2CNC2)CC1)n1cncn1. The Bertz CT molecular complexity index is 421. The molecule has 0 spiro atoms. The Balaban J connectivity index is 1.54. The highest BCUT2D eigenvalue weighted by atomic mass is 16.2. The second-order valence-corrected chi connectivity index (χ2v) is 5.22. The van der Waals surface area contributed by atoms with Gasteiger partial charge in [0, 0.05) is 45.3 Å². The summed E-state index contributed by atoms with van der Waals surface area (Å²) in [6.45, 7) is 7.62. The molecule has 2 aliphatic rings. The molecule has 7 nitrogen and oxygen atoms in total. The molecule has 1 amide bonds. The van der Waals surface area contributed by atoms with Crippen molar-refractivity contribution in [1.29, 1.82) is 0 Å². The van der Waals surface area contributed by atoms with E-state index in [2.05, 4.69) is 20.3 Å². The second kappa shape index (κ2) is 5.26. The number of nitrogens with zero attached hydrogens (tertiary/aromatic N) is 5. The molecule has 0 aliphatic carbocycles. The first kappa shape index (κ1) is 12.6. The summed E-state index contributed by atoms with van der Waals surface area (Å²) >= 11 is 0. The summed E-state index contributed by atoms with van der Waals surface area (Å²) in [5.74, 6) is 0.136. The number of carbonyl (C=O) groups is 1. The minimum absolute atomic E-state index is 0.136. The quantitative estimate of drug-likeness (QED) is 0.755. The zero-order valence-corrected chi connectivity index (χ0v) is 11.2. The van der Waals surface area contributed by atoms with Gasteiger partial charge in [0.15, 0.2) is 0 Å². The van der Waals surface area contributed by atoms with Gasteiger partial charge in [-0.2, -0.15) is 5.10 Å².